The van der Waals surface area contributed by atoms with Gasteiger partial charge < -0.3 is 37.9 Å². The van der Waals surface area contributed by atoms with Gasteiger partial charge in [0.25, 0.3) is 0 Å². The van der Waals surface area contributed by atoms with Crippen molar-refractivity contribution in [2.45, 2.75) is 135 Å². The second-order valence-electron chi connectivity index (χ2n) is 20.1. The average molecular weight is 1200 g/mol. The molecule has 18 nitrogen and oxygen atoms in total. The van der Waals surface area contributed by atoms with Gasteiger partial charge in [0.2, 0.25) is 0 Å². The van der Waals surface area contributed by atoms with Crippen molar-refractivity contribution in [3.05, 3.63) is 59.1 Å². The monoisotopic (exact) mass is 1200 g/mol. The molecule has 0 N–H and O–H groups in total. The first-order valence-electron chi connectivity index (χ1n) is 24.5. The Balaban J connectivity index is 0.000000545. The molecule has 0 saturated carbocycles. The van der Waals surface area contributed by atoms with Crippen molar-refractivity contribution in [1.82, 2.24) is 10.2 Å². The molecule has 4 unspecified atom stereocenters. The van der Waals surface area contributed by atoms with Gasteiger partial charge >= 0.3 is 47.8 Å². The molecule has 24 heteroatoms. The zero-order chi connectivity index (χ0) is 59.0. The summed E-state index contributed by atoms with van der Waals surface area (Å²) in [6.07, 6.45) is 4.36. The van der Waals surface area contributed by atoms with Crippen LogP contribution in [-0.4, -0.2) is 146 Å². The van der Waals surface area contributed by atoms with Crippen LogP contribution in [0.2, 0.25) is 0 Å². The van der Waals surface area contributed by atoms with Gasteiger partial charge in [-0.3, -0.25) is 38.4 Å². The van der Waals surface area contributed by atoms with Crippen LogP contribution in [0.4, 0.5) is 0 Å². The van der Waals surface area contributed by atoms with E-state index in [9.17, 15) is 38.4 Å². The Morgan fingerprint density at radius 1 is 0.449 bits per heavy atom. The van der Waals surface area contributed by atoms with Crippen molar-refractivity contribution in [2.75, 3.05) is 67.4 Å². The average Bonchev–Trinajstić information content (AvgIpc) is 3.82. The number of methoxy groups -OCH3 is 4. The van der Waals surface area contributed by atoms with Crippen LogP contribution in [0.3, 0.4) is 0 Å². The maximum absolute atomic E-state index is 13.0. The van der Waals surface area contributed by atoms with E-state index in [2.05, 4.69) is 41.4 Å². The molecule has 0 saturated heterocycles. The lowest BCUT2D eigenvalue weighted by atomic mass is 9.87. The number of nitrogens with zero attached hydrogens (tertiary/aromatic N) is 2. The van der Waals surface area contributed by atoms with Crippen LogP contribution < -0.4 is 0 Å². The first kappa shape index (κ1) is 69.6. The Morgan fingerprint density at radius 3 is 1.05 bits per heavy atom. The first-order valence-corrected chi connectivity index (χ1v) is 30.5. The van der Waals surface area contributed by atoms with E-state index < -0.39 is 90.4 Å². The van der Waals surface area contributed by atoms with Crippen molar-refractivity contribution in [3.63, 3.8) is 0 Å². The third-order valence-electron chi connectivity index (χ3n) is 11.6. The summed E-state index contributed by atoms with van der Waals surface area (Å²) in [5.74, 6) is -3.78. The molecule has 0 spiro atoms. The van der Waals surface area contributed by atoms with Gasteiger partial charge in [-0.2, -0.15) is 23.5 Å². The fourth-order valence-corrected chi connectivity index (χ4v) is 13.1. The highest BCUT2D eigenvalue weighted by molar-refractivity contribution is 8.02. The van der Waals surface area contributed by atoms with Gasteiger partial charge in [-0.1, -0.05) is 52.6 Å². The number of carbonyl (C=O) groups is 8. The molecule has 2 aromatic carbocycles. The minimum absolute atomic E-state index is 0.131. The van der Waals surface area contributed by atoms with E-state index in [4.69, 9.17) is 37.9 Å². The maximum atomic E-state index is 13.0. The Morgan fingerprint density at radius 2 is 0.744 bits per heavy atom. The Kier molecular flexibility index (Phi) is 29.7. The number of hydrogen-bond acceptors (Lipinski definition) is 24. The first-order chi connectivity index (χ1) is 36.5. The molecule has 0 fully saturated rings. The summed E-state index contributed by atoms with van der Waals surface area (Å²) >= 11 is 8.13. The number of hydrogen-bond donors (Lipinski definition) is 0. The molecule has 1 heterocycles. The van der Waals surface area contributed by atoms with Crippen LogP contribution in [0.5, 0.6) is 0 Å². The Labute approximate surface area is 484 Å². The van der Waals surface area contributed by atoms with Gasteiger partial charge in [-0.05, 0) is 144 Å². The number of carbonyl (C=O) groups excluding carboxylic acids is 8. The number of rotatable bonds is 30. The number of thioether (sulfide) groups is 4. The molecule has 0 radical (unpaired) electrons. The van der Waals surface area contributed by atoms with Crippen LogP contribution in [0.15, 0.2) is 67.6 Å². The summed E-state index contributed by atoms with van der Waals surface area (Å²) in [7, 11) is 5.22. The lowest BCUT2D eigenvalue weighted by molar-refractivity contribution is -0.163. The second-order valence-corrected chi connectivity index (χ2v) is 27.3. The van der Waals surface area contributed by atoms with Crippen molar-refractivity contribution in [2.24, 2.45) is 21.7 Å². The fourth-order valence-electron chi connectivity index (χ4n) is 6.84. The number of esters is 8. The molecule has 1 aromatic heterocycles. The van der Waals surface area contributed by atoms with E-state index in [1.807, 2.05) is 31.2 Å². The van der Waals surface area contributed by atoms with E-state index in [1.165, 1.54) is 92.4 Å². The van der Waals surface area contributed by atoms with Crippen molar-refractivity contribution < 1.29 is 76.3 Å². The van der Waals surface area contributed by atoms with Crippen LogP contribution >= 0.6 is 70.1 Å². The SMILES string of the molecule is COC(=O)C(CC(C)(C)C(=O)OCCOC(=O)C(C)(C)CC(Sc1ccc(Sc2ccc(C)cc2)cc1)C(=O)OC)SC.COC(=O)C(CC(C)(C)C(=O)OCCOC(=O)C(C)(C)CC(Sc1nnc(C)s1)C(=O)OC)SC. The molecular formula is C54H76N2O16S6. The van der Waals surface area contributed by atoms with E-state index in [0.717, 1.165) is 19.7 Å². The topological polar surface area (TPSA) is 236 Å². The number of benzene rings is 2. The lowest BCUT2D eigenvalue weighted by Gasteiger charge is -2.27. The van der Waals surface area contributed by atoms with Crippen molar-refractivity contribution in [3.8, 4) is 0 Å². The lowest BCUT2D eigenvalue weighted by Crippen LogP contribution is -2.35. The third kappa shape index (κ3) is 23.7. The molecule has 3 rings (SSSR count). The quantitative estimate of drug-likeness (QED) is 0.0261. The van der Waals surface area contributed by atoms with Crippen LogP contribution in [0.25, 0.3) is 0 Å². The van der Waals surface area contributed by atoms with E-state index in [-0.39, 0.29) is 52.1 Å². The predicted molar refractivity (Wildman–Crippen MR) is 306 cm³/mol. The van der Waals surface area contributed by atoms with Gasteiger partial charge in [0.15, 0.2) is 4.34 Å². The maximum Gasteiger partial charge on any atom is 0.319 e. The fraction of sp³-hybridized carbons (Fsp3) is 0.593. The smallest absolute Gasteiger partial charge is 0.319 e. The minimum Gasteiger partial charge on any atom is -0.468 e. The highest BCUT2D eigenvalue weighted by atomic mass is 32.2. The molecule has 0 aliphatic carbocycles. The third-order valence-corrected chi connectivity index (χ3v) is 17.8. The highest BCUT2D eigenvalue weighted by Crippen LogP contribution is 2.38. The molecule has 0 aliphatic rings. The molecule has 434 valence electrons. The molecule has 0 amide bonds. The van der Waals surface area contributed by atoms with Crippen molar-refractivity contribution in [1.29, 1.82) is 0 Å². The molecular weight excluding hydrogens is 1120 g/mol. The van der Waals surface area contributed by atoms with Crippen LogP contribution in [-0.2, 0) is 76.3 Å². The number of aryl methyl sites for hydroxylation is 2. The van der Waals surface area contributed by atoms with Gasteiger partial charge in [-0.15, -0.1) is 22.0 Å². The molecule has 0 aliphatic heterocycles. The van der Waals surface area contributed by atoms with E-state index in [0.29, 0.717) is 4.34 Å². The van der Waals surface area contributed by atoms with Crippen LogP contribution in [0, 0.1) is 35.5 Å². The van der Waals surface area contributed by atoms with Gasteiger partial charge in [0.05, 0.1) is 50.1 Å². The zero-order valence-electron chi connectivity index (χ0n) is 47.5. The van der Waals surface area contributed by atoms with Gasteiger partial charge in [0.1, 0.15) is 52.4 Å². The summed E-state index contributed by atoms with van der Waals surface area (Å²) in [6.45, 7) is 16.8. The summed E-state index contributed by atoms with van der Waals surface area (Å²) in [4.78, 5) is 103. The number of ether oxygens (including phenoxy) is 8. The van der Waals surface area contributed by atoms with Crippen molar-refractivity contribution >= 4 is 118 Å². The number of aromatic nitrogens is 2. The second kappa shape index (κ2) is 33.3. The zero-order valence-corrected chi connectivity index (χ0v) is 52.4. The minimum atomic E-state index is -1.01. The molecule has 4 atom stereocenters. The summed E-state index contributed by atoms with van der Waals surface area (Å²) < 4.78 is 41.4. The molecule has 0 bridgehead atoms. The summed E-state index contributed by atoms with van der Waals surface area (Å²) in [5.41, 5.74) is -2.69. The summed E-state index contributed by atoms with van der Waals surface area (Å²) in [5, 5.41) is 6.42. The van der Waals surface area contributed by atoms with Crippen LogP contribution in [0.1, 0.15) is 91.6 Å². The van der Waals surface area contributed by atoms with E-state index >= 15 is 0 Å². The molecule has 78 heavy (non-hydrogen) atoms. The normalized spacial score (nSPS) is 13.2. The van der Waals surface area contributed by atoms with Gasteiger partial charge in [-0.25, -0.2) is 0 Å². The standard InChI is InChI=1S/C32H42O8S3.C22H34N2O8S3/c1-21-9-11-22(12-10-21)42-23-13-15-24(16-14-23)43-26(28(34)38-7)20-32(4,5)30(36)40-18-17-39-29(35)31(2,3)19-25(41-8)27(33)37-6;1-13-23-24-20(34-13)35-15(17(26)30-7)12-22(4,5)19(28)32-10-9-31-18(27)21(2,3)11-14(33-8)16(25)29-6/h9-16,25-26H,17-20H2,1-8H3;14-15H,9-12H2,1-8H3. The predicted octanol–water partition coefficient (Wildman–Crippen LogP) is 9.91. The largest absolute Gasteiger partial charge is 0.468 e. The van der Waals surface area contributed by atoms with Gasteiger partial charge in [0, 0.05) is 14.7 Å². The highest BCUT2D eigenvalue weighted by Gasteiger charge is 2.40. The summed E-state index contributed by atoms with van der Waals surface area (Å²) in [6, 6.07) is 16.2. The molecule has 3 aromatic rings. The Bertz CT molecular complexity index is 2450. The Hall–Kier alpha value is -4.49. The van der Waals surface area contributed by atoms with E-state index in [1.54, 1.807) is 79.7 Å².